The van der Waals surface area contributed by atoms with Crippen molar-refractivity contribution in [1.82, 2.24) is 4.90 Å². The molecule has 0 bridgehead atoms. The molecule has 1 aliphatic heterocycles. The van der Waals surface area contributed by atoms with Gasteiger partial charge in [-0.1, -0.05) is 20.8 Å². The van der Waals surface area contributed by atoms with Gasteiger partial charge >= 0.3 is 0 Å². The number of hydrogen-bond donors (Lipinski definition) is 0. The molecule has 2 unspecified atom stereocenters. The van der Waals surface area contributed by atoms with Gasteiger partial charge in [-0.05, 0) is 18.0 Å². The van der Waals surface area contributed by atoms with E-state index in [2.05, 4.69) is 30.0 Å². The SMILES string of the molecule is CC(C)(C)C(CP)N1CCCC1=O. The largest absolute Gasteiger partial charge is 0.339 e. The van der Waals surface area contributed by atoms with Crippen LogP contribution in [0.1, 0.15) is 33.6 Å². The summed E-state index contributed by atoms with van der Waals surface area (Å²) >= 11 is 0. The van der Waals surface area contributed by atoms with Crippen molar-refractivity contribution in [3.05, 3.63) is 0 Å². The molecule has 0 aromatic rings. The lowest BCUT2D eigenvalue weighted by Gasteiger charge is -2.37. The van der Waals surface area contributed by atoms with Gasteiger partial charge in [0.05, 0.1) is 0 Å². The van der Waals surface area contributed by atoms with Crippen molar-refractivity contribution < 1.29 is 4.79 Å². The minimum Gasteiger partial charge on any atom is -0.339 e. The van der Waals surface area contributed by atoms with Gasteiger partial charge < -0.3 is 4.90 Å². The number of hydrogen-bond acceptors (Lipinski definition) is 1. The van der Waals surface area contributed by atoms with Gasteiger partial charge in [0, 0.05) is 19.0 Å². The average molecular weight is 201 g/mol. The number of amides is 1. The standard InChI is InChI=1S/C10H20NOP/c1-10(2,3)8(7-13)11-6-4-5-9(11)12/h8H,4-7,13H2,1-3H3. The van der Waals surface area contributed by atoms with Crippen molar-refractivity contribution >= 4 is 15.1 Å². The van der Waals surface area contributed by atoms with Gasteiger partial charge in [0.1, 0.15) is 0 Å². The molecular weight excluding hydrogens is 181 g/mol. The molecule has 1 aliphatic rings. The molecule has 1 heterocycles. The number of nitrogens with zero attached hydrogens (tertiary/aromatic N) is 1. The van der Waals surface area contributed by atoms with Gasteiger partial charge in [0.15, 0.2) is 0 Å². The Kier molecular flexibility index (Phi) is 3.34. The molecule has 1 rings (SSSR count). The van der Waals surface area contributed by atoms with Crippen molar-refractivity contribution in [2.45, 2.75) is 39.7 Å². The Morgan fingerprint density at radius 3 is 2.46 bits per heavy atom. The predicted molar refractivity (Wildman–Crippen MR) is 58.8 cm³/mol. The second-order valence-corrected chi connectivity index (χ2v) is 5.28. The molecule has 76 valence electrons. The molecule has 2 atom stereocenters. The number of likely N-dealkylation sites (tertiary alicyclic amines) is 1. The van der Waals surface area contributed by atoms with Crippen LogP contribution in [-0.4, -0.2) is 29.6 Å². The molecule has 1 saturated heterocycles. The normalized spacial score (nSPS) is 20.9. The van der Waals surface area contributed by atoms with Crippen LogP contribution in [-0.2, 0) is 4.79 Å². The fraction of sp³-hybridized carbons (Fsp3) is 0.900. The molecule has 0 aromatic carbocycles. The second kappa shape index (κ2) is 3.96. The summed E-state index contributed by atoms with van der Waals surface area (Å²) in [5.74, 6) is 0.336. The minimum atomic E-state index is 0.196. The third kappa shape index (κ3) is 2.43. The summed E-state index contributed by atoms with van der Waals surface area (Å²) in [5, 5.41) is 0. The summed E-state index contributed by atoms with van der Waals surface area (Å²) in [7, 11) is 2.76. The Morgan fingerprint density at radius 1 is 1.54 bits per heavy atom. The van der Waals surface area contributed by atoms with Crippen molar-refractivity contribution in [2.24, 2.45) is 5.41 Å². The van der Waals surface area contributed by atoms with Crippen LogP contribution < -0.4 is 0 Å². The van der Waals surface area contributed by atoms with Gasteiger partial charge in [0.2, 0.25) is 5.91 Å². The van der Waals surface area contributed by atoms with E-state index in [1.807, 2.05) is 4.90 Å². The van der Waals surface area contributed by atoms with E-state index in [0.717, 1.165) is 25.5 Å². The Labute approximate surface area is 83.3 Å². The van der Waals surface area contributed by atoms with E-state index in [4.69, 9.17) is 0 Å². The highest BCUT2D eigenvalue weighted by molar-refractivity contribution is 7.16. The summed E-state index contributed by atoms with van der Waals surface area (Å²) in [4.78, 5) is 13.6. The second-order valence-electron chi connectivity index (χ2n) is 4.81. The first-order valence-corrected chi connectivity index (χ1v) is 5.78. The smallest absolute Gasteiger partial charge is 0.222 e. The van der Waals surface area contributed by atoms with Gasteiger partial charge in [-0.25, -0.2) is 0 Å². The van der Waals surface area contributed by atoms with Crippen molar-refractivity contribution in [3.8, 4) is 0 Å². The highest BCUT2D eigenvalue weighted by Crippen LogP contribution is 2.29. The van der Waals surface area contributed by atoms with E-state index in [1.165, 1.54) is 0 Å². The van der Waals surface area contributed by atoms with E-state index in [1.54, 1.807) is 0 Å². The first-order chi connectivity index (χ1) is 5.96. The van der Waals surface area contributed by atoms with Crippen LogP contribution in [0, 0.1) is 5.41 Å². The third-order valence-electron chi connectivity index (χ3n) is 2.71. The number of carbonyl (C=O) groups excluding carboxylic acids is 1. The molecule has 3 heteroatoms. The highest BCUT2D eigenvalue weighted by atomic mass is 31.0. The lowest BCUT2D eigenvalue weighted by Crippen LogP contribution is -2.45. The molecule has 1 amide bonds. The van der Waals surface area contributed by atoms with E-state index in [0.29, 0.717) is 11.9 Å². The Hall–Kier alpha value is -0.100. The maximum atomic E-state index is 11.5. The maximum Gasteiger partial charge on any atom is 0.222 e. The summed E-state index contributed by atoms with van der Waals surface area (Å²) in [6, 6.07) is 0.382. The van der Waals surface area contributed by atoms with E-state index >= 15 is 0 Å². The number of rotatable bonds is 2. The Morgan fingerprint density at radius 2 is 2.15 bits per heavy atom. The quantitative estimate of drug-likeness (QED) is 0.625. The molecule has 0 aliphatic carbocycles. The van der Waals surface area contributed by atoms with Gasteiger partial charge in [-0.3, -0.25) is 4.79 Å². The molecule has 0 saturated carbocycles. The minimum absolute atomic E-state index is 0.196. The van der Waals surface area contributed by atoms with Gasteiger partial charge in [0.25, 0.3) is 0 Å². The van der Waals surface area contributed by atoms with E-state index in [9.17, 15) is 4.79 Å². The topological polar surface area (TPSA) is 20.3 Å². The fourth-order valence-corrected chi connectivity index (χ4v) is 2.91. The van der Waals surface area contributed by atoms with Crippen LogP contribution in [0.25, 0.3) is 0 Å². The lowest BCUT2D eigenvalue weighted by molar-refractivity contribution is -0.131. The fourth-order valence-electron chi connectivity index (χ4n) is 1.95. The molecule has 0 aromatic heterocycles. The first kappa shape index (κ1) is 11.0. The predicted octanol–water partition coefficient (Wildman–Crippen LogP) is 1.90. The van der Waals surface area contributed by atoms with Crippen LogP contribution >= 0.6 is 9.24 Å². The number of carbonyl (C=O) groups is 1. The zero-order valence-corrected chi connectivity index (χ0v) is 9.99. The summed E-state index contributed by atoms with van der Waals surface area (Å²) in [6.45, 7) is 7.56. The zero-order chi connectivity index (χ0) is 10.1. The maximum absolute atomic E-state index is 11.5. The summed E-state index contributed by atoms with van der Waals surface area (Å²) in [6.07, 6.45) is 2.77. The van der Waals surface area contributed by atoms with Gasteiger partial charge in [-0.2, -0.15) is 0 Å². The monoisotopic (exact) mass is 201 g/mol. The van der Waals surface area contributed by atoms with Crippen LogP contribution in [0.4, 0.5) is 0 Å². The first-order valence-electron chi connectivity index (χ1n) is 4.96. The molecular formula is C10H20NOP. The van der Waals surface area contributed by atoms with Crippen molar-refractivity contribution in [2.75, 3.05) is 12.7 Å². The average Bonchev–Trinajstić information content (AvgIpc) is 2.35. The van der Waals surface area contributed by atoms with Crippen molar-refractivity contribution in [3.63, 3.8) is 0 Å². The molecule has 0 N–H and O–H groups in total. The third-order valence-corrected chi connectivity index (χ3v) is 3.16. The van der Waals surface area contributed by atoms with Gasteiger partial charge in [-0.15, -0.1) is 9.24 Å². The Balaban J connectivity index is 2.71. The Bertz CT molecular complexity index is 198. The van der Waals surface area contributed by atoms with Crippen molar-refractivity contribution in [1.29, 1.82) is 0 Å². The van der Waals surface area contributed by atoms with Crippen LogP contribution in [0.2, 0.25) is 0 Å². The molecule has 13 heavy (non-hydrogen) atoms. The molecule has 0 radical (unpaired) electrons. The highest BCUT2D eigenvalue weighted by Gasteiger charge is 2.34. The zero-order valence-electron chi connectivity index (χ0n) is 8.84. The van der Waals surface area contributed by atoms with Crippen LogP contribution in [0.3, 0.4) is 0 Å². The lowest BCUT2D eigenvalue weighted by atomic mass is 9.87. The molecule has 1 fully saturated rings. The van der Waals surface area contributed by atoms with E-state index in [-0.39, 0.29) is 5.41 Å². The summed E-state index contributed by atoms with van der Waals surface area (Å²) < 4.78 is 0. The van der Waals surface area contributed by atoms with E-state index < -0.39 is 0 Å². The van der Waals surface area contributed by atoms with Crippen LogP contribution in [0.15, 0.2) is 0 Å². The van der Waals surface area contributed by atoms with Crippen LogP contribution in [0.5, 0.6) is 0 Å². The molecule has 0 spiro atoms. The molecule has 2 nitrogen and oxygen atoms in total. The summed E-state index contributed by atoms with van der Waals surface area (Å²) in [5.41, 5.74) is 0.196.